The lowest BCUT2D eigenvalue weighted by atomic mass is 9.80. The largest absolute Gasteiger partial charge is 0.352 e. The average Bonchev–Trinajstić information content (AvgIpc) is 2.40. The van der Waals surface area contributed by atoms with Crippen molar-refractivity contribution in [2.75, 3.05) is 6.54 Å². The van der Waals surface area contributed by atoms with Gasteiger partial charge in [-0.2, -0.15) is 0 Å². The Balaban J connectivity index is 1.95. The van der Waals surface area contributed by atoms with Gasteiger partial charge in [-0.15, -0.1) is 10.2 Å². The van der Waals surface area contributed by atoms with E-state index in [1.807, 2.05) is 0 Å². The van der Waals surface area contributed by atoms with Gasteiger partial charge in [-0.05, 0) is 24.3 Å². The Morgan fingerprint density at radius 1 is 1.37 bits per heavy atom. The molecule has 0 radical (unpaired) electrons. The molecule has 1 amide bonds. The zero-order valence-electron chi connectivity index (χ0n) is 10.8. The number of halogens is 2. The summed E-state index contributed by atoms with van der Waals surface area (Å²) in [6, 6.07) is 1.44. The van der Waals surface area contributed by atoms with Crippen molar-refractivity contribution in [3.8, 4) is 0 Å². The number of amides is 1. The van der Waals surface area contributed by atoms with Crippen LogP contribution in [0.1, 0.15) is 43.0 Å². The number of carbonyl (C=O) groups excluding carboxylic acids is 1. The molecule has 0 aromatic carbocycles. The van der Waals surface area contributed by atoms with Crippen LogP contribution in [0.15, 0.2) is 6.07 Å². The molecular formula is C13H17Cl2N3O. The lowest BCUT2D eigenvalue weighted by Gasteiger charge is -2.28. The van der Waals surface area contributed by atoms with E-state index in [2.05, 4.69) is 22.4 Å². The molecule has 1 aliphatic carbocycles. The summed E-state index contributed by atoms with van der Waals surface area (Å²) in [6.45, 7) is 2.92. The molecule has 1 aromatic heterocycles. The minimum atomic E-state index is -0.237. The van der Waals surface area contributed by atoms with Crippen LogP contribution >= 0.6 is 23.2 Å². The van der Waals surface area contributed by atoms with Crippen molar-refractivity contribution >= 4 is 29.1 Å². The van der Waals surface area contributed by atoms with Gasteiger partial charge in [0.05, 0.1) is 5.56 Å². The van der Waals surface area contributed by atoms with Crippen LogP contribution in [0.25, 0.3) is 0 Å². The second kappa shape index (κ2) is 6.53. The number of nitrogens with one attached hydrogen (secondary N) is 1. The van der Waals surface area contributed by atoms with Crippen molar-refractivity contribution in [3.63, 3.8) is 0 Å². The van der Waals surface area contributed by atoms with Gasteiger partial charge in [-0.3, -0.25) is 4.79 Å². The lowest BCUT2D eigenvalue weighted by Crippen LogP contribution is -2.33. The van der Waals surface area contributed by atoms with Gasteiger partial charge in [-0.1, -0.05) is 49.4 Å². The fourth-order valence-corrected chi connectivity index (χ4v) is 2.85. The van der Waals surface area contributed by atoms with Gasteiger partial charge >= 0.3 is 0 Å². The molecule has 0 spiro atoms. The van der Waals surface area contributed by atoms with E-state index in [0.29, 0.717) is 18.4 Å². The predicted molar refractivity (Wildman–Crippen MR) is 75.5 cm³/mol. The molecule has 0 aliphatic heterocycles. The minimum absolute atomic E-state index is 0.0820. The first kappa shape index (κ1) is 14.5. The summed E-state index contributed by atoms with van der Waals surface area (Å²) in [7, 11) is 0. The first-order valence-corrected chi connectivity index (χ1v) is 7.30. The second-order valence-corrected chi connectivity index (χ2v) is 5.85. The van der Waals surface area contributed by atoms with Crippen molar-refractivity contribution in [2.45, 2.75) is 32.6 Å². The molecule has 2 unspecified atom stereocenters. The lowest BCUT2D eigenvalue weighted by molar-refractivity contribution is 0.0936. The highest BCUT2D eigenvalue weighted by atomic mass is 35.5. The summed E-state index contributed by atoms with van der Waals surface area (Å²) in [6.07, 6.45) is 4.95. The SMILES string of the molecule is CC1CCCCC1CNC(=O)c1cc(Cl)nnc1Cl. The van der Waals surface area contributed by atoms with Gasteiger partial charge in [0.2, 0.25) is 0 Å². The van der Waals surface area contributed by atoms with Crippen molar-refractivity contribution in [2.24, 2.45) is 11.8 Å². The third-order valence-electron chi connectivity index (χ3n) is 3.78. The third kappa shape index (κ3) is 3.80. The zero-order valence-corrected chi connectivity index (χ0v) is 12.3. The molecule has 4 nitrogen and oxygen atoms in total. The maximum atomic E-state index is 12.0. The number of nitrogens with zero attached hydrogens (tertiary/aromatic N) is 2. The molecule has 19 heavy (non-hydrogen) atoms. The Kier molecular flexibility index (Phi) is 4.99. The quantitative estimate of drug-likeness (QED) is 0.931. The number of rotatable bonds is 3. The van der Waals surface area contributed by atoms with Crippen LogP contribution in [0.5, 0.6) is 0 Å². The van der Waals surface area contributed by atoms with Crippen LogP contribution in [0.3, 0.4) is 0 Å². The summed E-state index contributed by atoms with van der Waals surface area (Å²) < 4.78 is 0. The van der Waals surface area contributed by atoms with Crippen LogP contribution in [-0.4, -0.2) is 22.6 Å². The fourth-order valence-electron chi connectivity index (χ4n) is 2.53. The molecule has 0 bridgehead atoms. The monoisotopic (exact) mass is 301 g/mol. The van der Waals surface area contributed by atoms with Crippen molar-refractivity contribution < 1.29 is 4.79 Å². The fraction of sp³-hybridized carbons (Fsp3) is 0.615. The molecule has 0 saturated heterocycles. The summed E-state index contributed by atoms with van der Waals surface area (Å²) in [5.41, 5.74) is 0.283. The van der Waals surface area contributed by atoms with E-state index in [1.54, 1.807) is 0 Å². The van der Waals surface area contributed by atoms with E-state index in [1.165, 1.54) is 31.7 Å². The van der Waals surface area contributed by atoms with Gasteiger partial charge in [0.1, 0.15) is 0 Å². The molecule has 1 heterocycles. The third-order valence-corrected chi connectivity index (χ3v) is 4.24. The van der Waals surface area contributed by atoms with E-state index < -0.39 is 0 Å². The number of hydrogen-bond donors (Lipinski definition) is 1. The van der Waals surface area contributed by atoms with E-state index in [9.17, 15) is 4.79 Å². The van der Waals surface area contributed by atoms with Crippen molar-refractivity contribution in [3.05, 3.63) is 21.9 Å². The Hall–Kier alpha value is -0.870. The number of aromatic nitrogens is 2. The normalized spacial score (nSPS) is 23.1. The highest BCUT2D eigenvalue weighted by Gasteiger charge is 2.22. The number of hydrogen-bond acceptors (Lipinski definition) is 3. The van der Waals surface area contributed by atoms with Crippen molar-refractivity contribution in [1.29, 1.82) is 0 Å². The summed E-state index contributed by atoms with van der Waals surface area (Å²) in [5, 5.41) is 10.4. The standard InChI is InChI=1S/C13H17Cl2N3O/c1-8-4-2-3-5-9(8)7-16-13(19)10-6-11(14)17-18-12(10)15/h6,8-9H,2-5,7H2,1H3,(H,16,19). The first-order valence-electron chi connectivity index (χ1n) is 6.55. The van der Waals surface area contributed by atoms with Gasteiger partial charge in [0.25, 0.3) is 5.91 Å². The zero-order chi connectivity index (χ0) is 13.8. The molecule has 6 heteroatoms. The van der Waals surface area contributed by atoms with Gasteiger partial charge < -0.3 is 5.32 Å². The van der Waals surface area contributed by atoms with Gasteiger partial charge in [-0.25, -0.2) is 0 Å². The molecule has 1 aliphatic rings. The Morgan fingerprint density at radius 2 is 2.11 bits per heavy atom. The average molecular weight is 302 g/mol. The molecule has 2 rings (SSSR count). The van der Waals surface area contributed by atoms with E-state index in [4.69, 9.17) is 23.2 Å². The van der Waals surface area contributed by atoms with E-state index in [0.717, 1.165) is 0 Å². The van der Waals surface area contributed by atoms with Gasteiger partial charge in [0.15, 0.2) is 10.3 Å². The Labute approximate surface area is 122 Å². The van der Waals surface area contributed by atoms with Gasteiger partial charge in [0, 0.05) is 6.54 Å². The molecule has 1 N–H and O–H groups in total. The highest BCUT2D eigenvalue weighted by Crippen LogP contribution is 2.29. The summed E-state index contributed by atoms with van der Waals surface area (Å²) >= 11 is 11.6. The van der Waals surface area contributed by atoms with Crippen molar-refractivity contribution in [1.82, 2.24) is 15.5 Å². The second-order valence-electron chi connectivity index (χ2n) is 5.10. The molecule has 1 saturated carbocycles. The maximum absolute atomic E-state index is 12.0. The van der Waals surface area contributed by atoms with Crippen LogP contribution in [0, 0.1) is 11.8 Å². The smallest absolute Gasteiger partial charge is 0.254 e. The molecule has 104 valence electrons. The molecule has 2 atom stereocenters. The van der Waals surface area contributed by atoms with E-state index in [-0.39, 0.29) is 21.8 Å². The molecule has 1 fully saturated rings. The molecule has 1 aromatic rings. The van der Waals surface area contributed by atoms with Crippen LogP contribution in [-0.2, 0) is 0 Å². The van der Waals surface area contributed by atoms with E-state index >= 15 is 0 Å². The summed E-state index contributed by atoms with van der Waals surface area (Å²) in [4.78, 5) is 12.0. The van der Waals surface area contributed by atoms with Crippen LogP contribution in [0.2, 0.25) is 10.3 Å². The number of carbonyl (C=O) groups is 1. The first-order chi connectivity index (χ1) is 9.08. The van der Waals surface area contributed by atoms with Crippen LogP contribution < -0.4 is 5.32 Å². The molecular weight excluding hydrogens is 285 g/mol. The Morgan fingerprint density at radius 3 is 2.84 bits per heavy atom. The predicted octanol–water partition coefficient (Wildman–Crippen LogP) is 3.34. The summed E-state index contributed by atoms with van der Waals surface area (Å²) in [5.74, 6) is 0.963. The highest BCUT2D eigenvalue weighted by molar-refractivity contribution is 6.34. The maximum Gasteiger partial charge on any atom is 0.254 e. The topological polar surface area (TPSA) is 54.9 Å². The minimum Gasteiger partial charge on any atom is -0.352 e. The Bertz CT molecular complexity index is 467. The van der Waals surface area contributed by atoms with Crippen LogP contribution in [0.4, 0.5) is 0 Å².